The summed E-state index contributed by atoms with van der Waals surface area (Å²) >= 11 is 3.44. The molecule has 0 atom stereocenters. The lowest BCUT2D eigenvalue weighted by Crippen LogP contribution is -2.13. The van der Waals surface area contributed by atoms with Crippen LogP contribution >= 0.6 is 15.9 Å². The van der Waals surface area contributed by atoms with E-state index in [-0.39, 0.29) is 5.91 Å². The smallest absolute Gasteiger partial charge is 0.280 e. The van der Waals surface area contributed by atoms with Crippen molar-refractivity contribution in [2.45, 2.75) is 13.3 Å². The molecule has 2 aromatic carbocycles. The molecule has 0 spiro atoms. The Morgan fingerprint density at radius 3 is 2.86 bits per heavy atom. The predicted octanol–water partition coefficient (Wildman–Crippen LogP) is 3.67. The minimum atomic E-state index is -0.226. The Kier molecular flexibility index (Phi) is 4.20. The molecule has 0 fully saturated rings. The summed E-state index contributed by atoms with van der Waals surface area (Å²) < 4.78 is 7.64. The molecule has 0 aliphatic heterocycles. The largest absolute Gasteiger partial charge is 0.492 e. The van der Waals surface area contributed by atoms with Gasteiger partial charge in [0.05, 0.1) is 16.6 Å². The van der Waals surface area contributed by atoms with Gasteiger partial charge in [-0.1, -0.05) is 24.3 Å². The summed E-state index contributed by atoms with van der Waals surface area (Å²) in [6.45, 7) is 2.68. The van der Waals surface area contributed by atoms with Crippen molar-refractivity contribution in [2.24, 2.45) is 0 Å². The van der Waals surface area contributed by atoms with E-state index in [0.29, 0.717) is 23.2 Å². The molecule has 1 aromatic heterocycles. The highest BCUT2D eigenvalue weighted by Gasteiger charge is 2.15. The normalized spacial score (nSPS) is 10.8. The summed E-state index contributed by atoms with van der Waals surface area (Å²) in [5, 5.41) is 7.95. The number of hydrogen-bond donors (Lipinski definition) is 0. The highest BCUT2D eigenvalue weighted by molar-refractivity contribution is 9.10. The first-order valence-electron chi connectivity index (χ1n) is 6.98. The van der Waals surface area contributed by atoms with Crippen LogP contribution in [0.15, 0.2) is 46.9 Å². The summed E-state index contributed by atoms with van der Waals surface area (Å²) in [5.74, 6) is 0.498. The summed E-state index contributed by atoms with van der Waals surface area (Å²) in [7, 11) is 0. The van der Waals surface area contributed by atoms with Gasteiger partial charge in [-0.05, 0) is 52.7 Å². The minimum absolute atomic E-state index is 0.226. The van der Waals surface area contributed by atoms with Crippen LogP contribution in [0.5, 0.6) is 5.75 Å². The average molecular weight is 360 g/mol. The van der Waals surface area contributed by atoms with E-state index in [2.05, 4.69) is 26.2 Å². The molecule has 0 saturated heterocycles. The number of para-hydroxylation sites is 1. The molecule has 0 unspecified atom stereocenters. The van der Waals surface area contributed by atoms with E-state index >= 15 is 0 Å². The van der Waals surface area contributed by atoms with Gasteiger partial charge in [0.2, 0.25) is 0 Å². The van der Waals surface area contributed by atoms with Crippen LogP contribution in [0.2, 0.25) is 0 Å². The Bertz CT molecular complexity index is 829. The maximum absolute atomic E-state index is 12.6. The number of carbonyl (C=O) groups excluding carboxylic acids is 1. The maximum Gasteiger partial charge on any atom is 0.280 e. The molecule has 0 saturated carbocycles. The molecule has 1 heterocycles. The van der Waals surface area contributed by atoms with Gasteiger partial charge in [0.1, 0.15) is 11.3 Å². The number of nitrogens with zero attached hydrogens (tertiary/aromatic N) is 3. The number of aromatic nitrogens is 3. The van der Waals surface area contributed by atoms with Gasteiger partial charge in [-0.25, -0.2) is 0 Å². The van der Waals surface area contributed by atoms with Crippen molar-refractivity contribution < 1.29 is 9.53 Å². The third-order valence-electron chi connectivity index (χ3n) is 3.18. The SMILES string of the molecule is CCCOc1ccc(C(=O)n2nnc3ccccc32)cc1Br. The molecule has 0 amide bonds. The van der Waals surface area contributed by atoms with Crippen molar-refractivity contribution in [2.75, 3.05) is 6.61 Å². The monoisotopic (exact) mass is 359 g/mol. The van der Waals surface area contributed by atoms with Gasteiger partial charge in [0.15, 0.2) is 0 Å². The lowest BCUT2D eigenvalue weighted by atomic mass is 10.2. The molecular weight excluding hydrogens is 346 g/mol. The Morgan fingerprint density at radius 2 is 2.09 bits per heavy atom. The third kappa shape index (κ3) is 2.74. The zero-order valence-electron chi connectivity index (χ0n) is 12.0. The first-order valence-corrected chi connectivity index (χ1v) is 7.77. The second kappa shape index (κ2) is 6.27. The molecule has 22 heavy (non-hydrogen) atoms. The van der Waals surface area contributed by atoms with Crippen LogP contribution in [0.25, 0.3) is 11.0 Å². The van der Waals surface area contributed by atoms with E-state index in [1.54, 1.807) is 18.2 Å². The molecule has 5 nitrogen and oxygen atoms in total. The molecule has 112 valence electrons. The fourth-order valence-electron chi connectivity index (χ4n) is 2.10. The van der Waals surface area contributed by atoms with E-state index in [9.17, 15) is 4.79 Å². The van der Waals surface area contributed by atoms with Gasteiger partial charge in [0.25, 0.3) is 5.91 Å². The van der Waals surface area contributed by atoms with Gasteiger partial charge in [-0.2, -0.15) is 4.68 Å². The number of carbonyl (C=O) groups is 1. The number of fused-ring (bicyclic) bond motifs is 1. The average Bonchev–Trinajstić information content (AvgIpc) is 2.97. The number of benzene rings is 2. The Hall–Kier alpha value is -2.21. The topological polar surface area (TPSA) is 57.0 Å². The lowest BCUT2D eigenvalue weighted by molar-refractivity contribution is 0.0948. The molecule has 0 aliphatic rings. The van der Waals surface area contributed by atoms with Gasteiger partial charge in [-0.3, -0.25) is 4.79 Å². The quantitative estimate of drug-likeness (QED) is 0.712. The van der Waals surface area contributed by atoms with E-state index in [4.69, 9.17) is 4.74 Å². The lowest BCUT2D eigenvalue weighted by Gasteiger charge is -2.08. The van der Waals surface area contributed by atoms with Crippen molar-refractivity contribution >= 4 is 32.9 Å². The van der Waals surface area contributed by atoms with Crippen LogP contribution in [0, 0.1) is 0 Å². The van der Waals surface area contributed by atoms with Crippen LogP contribution in [0.4, 0.5) is 0 Å². The van der Waals surface area contributed by atoms with Crippen LogP contribution in [0.3, 0.4) is 0 Å². The molecule has 0 radical (unpaired) electrons. The Morgan fingerprint density at radius 1 is 1.27 bits per heavy atom. The first kappa shape index (κ1) is 14.7. The van der Waals surface area contributed by atoms with Gasteiger partial charge in [-0.15, -0.1) is 5.10 Å². The predicted molar refractivity (Wildman–Crippen MR) is 87.2 cm³/mol. The van der Waals surface area contributed by atoms with E-state index in [0.717, 1.165) is 16.6 Å². The fourth-order valence-corrected chi connectivity index (χ4v) is 2.60. The molecule has 3 rings (SSSR count). The summed E-state index contributed by atoms with van der Waals surface area (Å²) in [6.07, 6.45) is 0.929. The Labute approximate surface area is 136 Å². The van der Waals surface area contributed by atoms with E-state index in [1.807, 2.05) is 31.2 Å². The van der Waals surface area contributed by atoms with E-state index < -0.39 is 0 Å². The number of halogens is 1. The first-order chi connectivity index (χ1) is 10.7. The summed E-state index contributed by atoms with van der Waals surface area (Å²) in [5.41, 5.74) is 1.90. The minimum Gasteiger partial charge on any atom is -0.492 e. The molecule has 0 N–H and O–H groups in total. The number of hydrogen-bond acceptors (Lipinski definition) is 4. The van der Waals surface area contributed by atoms with E-state index in [1.165, 1.54) is 4.68 Å². The third-order valence-corrected chi connectivity index (χ3v) is 3.80. The standard InChI is InChI=1S/C16H14BrN3O2/c1-2-9-22-15-8-7-11(10-12(15)17)16(21)20-14-6-4-3-5-13(14)18-19-20/h3-8,10H,2,9H2,1H3. The van der Waals surface area contributed by atoms with Crippen LogP contribution < -0.4 is 4.74 Å². The Balaban J connectivity index is 1.93. The zero-order chi connectivity index (χ0) is 15.5. The zero-order valence-corrected chi connectivity index (χ0v) is 13.6. The van der Waals surface area contributed by atoms with Crippen LogP contribution in [-0.2, 0) is 0 Å². The van der Waals surface area contributed by atoms with Crippen LogP contribution in [0.1, 0.15) is 23.7 Å². The summed E-state index contributed by atoms with van der Waals surface area (Å²) in [6, 6.07) is 12.6. The number of rotatable bonds is 4. The molecule has 6 heteroatoms. The fraction of sp³-hybridized carbons (Fsp3) is 0.188. The molecule has 3 aromatic rings. The van der Waals surface area contributed by atoms with Gasteiger partial charge >= 0.3 is 0 Å². The van der Waals surface area contributed by atoms with Crippen molar-refractivity contribution in [1.29, 1.82) is 0 Å². The van der Waals surface area contributed by atoms with Crippen molar-refractivity contribution in [3.63, 3.8) is 0 Å². The molecule has 0 aliphatic carbocycles. The number of ether oxygens (including phenoxy) is 1. The van der Waals surface area contributed by atoms with Gasteiger partial charge < -0.3 is 4.74 Å². The van der Waals surface area contributed by atoms with Crippen LogP contribution in [-0.4, -0.2) is 27.5 Å². The van der Waals surface area contributed by atoms with Crippen molar-refractivity contribution in [3.05, 3.63) is 52.5 Å². The molecular formula is C16H14BrN3O2. The molecule has 0 bridgehead atoms. The maximum atomic E-state index is 12.6. The highest BCUT2D eigenvalue weighted by Crippen LogP contribution is 2.26. The van der Waals surface area contributed by atoms with Crippen molar-refractivity contribution in [1.82, 2.24) is 15.0 Å². The summed E-state index contributed by atoms with van der Waals surface area (Å²) in [4.78, 5) is 12.6. The van der Waals surface area contributed by atoms with Crippen molar-refractivity contribution in [3.8, 4) is 5.75 Å². The second-order valence-electron chi connectivity index (χ2n) is 4.79. The second-order valence-corrected chi connectivity index (χ2v) is 5.64. The highest BCUT2D eigenvalue weighted by atomic mass is 79.9. The van der Waals surface area contributed by atoms with Gasteiger partial charge in [0, 0.05) is 5.56 Å².